The van der Waals surface area contributed by atoms with Crippen LogP contribution in [0.15, 0.2) is 24.3 Å². The molecule has 1 aliphatic rings. The monoisotopic (exact) mass is 399 g/mol. The van der Waals surface area contributed by atoms with Crippen molar-refractivity contribution in [1.29, 1.82) is 0 Å². The standard InChI is InChI=1S/C22H29N3O2S/c1-5-22(3,4)14-9-10-16-17(12-14)28-20(18(16)19(23)26)25-21(27)24-15-8-6-7-13(2)11-15/h6-8,11,14H,5,9-10,12H2,1-4H3,(H2,23,26)(H2,24,25,27)/t14-/m0/s1. The Labute approximate surface area is 170 Å². The molecule has 1 atom stereocenters. The molecule has 1 aromatic carbocycles. The van der Waals surface area contributed by atoms with E-state index < -0.39 is 5.91 Å². The molecule has 150 valence electrons. The summed E-state index contributed by atoms with van der Waals surface area (Å²) in [6.45, 7) is 8.80. The van der Waals surface area contributed by atoms with E-state index >= 15 is 0 Å². The number of aryl methyl sites for hydroxylation is 1. The number of primary amides is 1. The molecule has 0 saturated heterocycles. The average molecular weight is 400 g/mol. The van der Waals surface area contributed by atoms with E-state index in [9.17, 15) is 9.59 Å². The molecule has 0 aliphatic heterocycles. The van der Waals surface area contributed by atoms with Crippen molar-refractivity contribution in [3.8, 4) is 0 Å². The van der Waals surface area contributed by atoms with Crippen LogP contribution < -0.4 is 16.4 Å². The second kappa shape index (κ2) is 7.95. The number of anilines is 2. The molecule has 0 fully saturated rings. The Bertz CT molecular complexity index is 901. The fraction of sp³-hybridized carbons (Fsp3) is 0.455. The normalized spacial score (nSPS) is 16.4. The van der Waals surface area contributed by atoms with E-state index in [1.807, 2.05) is 31.2 Å². The zero-order chi connectivity index (χ0) is 20.5. The van der Waals surface area contributed by atoms with Crippen molar-refractivity contribution in [2.75, 3.05) is 10.6 Å². The summed E-state index contributed by atoms with van der Waals surface area (Å²) in [5.41, 5.74) is 9.20. The lowest BCUT2D eigenvalue weighted by Gasteiger charge is -2.36. The molecule has 0 unspecified atom stereocenters. The number of thiophene rings is 1. The smallest absolute Gasteiger partial charge is 0.324 e. The summed E-state index contributed by atoms with van der Waals surface area (Å²) < 4.78 is 0. The first-order valence-electron chi connectivity index (χ1n) is 9.80. The van der Waals surface area contributed by atoms with Crippen molar-refractivity contribution in [3.05, 3.63) is 45.8 Å². The maximum atomic E-state index is 12.5. The number of benzene rings is 1. The molecule has 6 heteroatoms. The molecular formula is C22H29N3O2S. The average Bonchev–Trinajstić information content (AvgIpc) is 2.98. The van der Waals surface area contributed by atoms with Gasteiger partial charge in [0.05, 0.1) is 5.56 Å². The molecule has 3 amide bonds. The van der Waals surface area contributed by atoms with Gasteiger partial charge in [0.2, 0.25) is 0 Å². The second-order valence-electron chi connectivity index (χ2n) is 8.30. The lowest BCUT2D eigenvalue weighted by Crippen LogP contribution is -2.29. The Morgan fingerprint density at radius 1 is 1.29 bits per heavy atom. The van der Waals surface area contributed by atoms with Gasteiger partial charge >= 0.3 is 6.03 Å². The largest absolute Gasteiger partial charge is 0.365 e. The molecule has 0 bridgehead atoms. The van der Waals surface area contributed by atoms with Crippen molar-refractivity contribution in [1.82, 2.24) is 0 Å². The Hall–Kier alpha value is -2.34. The van der Waals surface area contributed by atoms with Crippen molar-refractivity contribution < 1.29 is 9.59 Å². The zero-order valence-electron chi connectivity index (χ0n) is 17.0. The van der Waals surface area contributed by atoms with Crippen molar-refractivity contribution >= 4 is 34.0 Å². The van der Waals surface area contributed by atoms with Crippen LogP contribution in [0.4, 0.5) is 15.5 Å². The molecule has 0 radical (unpaired) electrons. The highest BCUT2D eigenvalue weighted by Gasteiger charge is 2.35. The number of rotatable bonds is 5. The third-order valence-electron chi connectivity index (χ3n) is 6.03. The molecule has 0 saturated carbocycles. The Morgan fingerprint density at radius 2 is 2.04 bits per heavy atom. The number of carbonyl (C=O) groups is 2. The van der Waals surface area contributed by atoms with E-state index in [1.54, 1.807) is 0 Å². The van der Waals surface area contributed by atoms with Gasteiger partial charge in [-0.3, -0.25) is 10.1 Å². The molecule has 1 heterocycles. The lowest BCUT2D eigenvalue weighted by atomic mass is 9.69. The van der Waals surface area contributed by atoms with Crippen LogP contribution in [-0.4, -0.2) is 11.9 Å². The molecule has 4 N–H and O–H groups in total. The number of fused-ring (bicyclic) bond motifs is 1. The molecule has 2 aromatic rings. The van der Waals surface area contributed by atoms with E-state index in [-0.39, 0.29) is 11.4 Å². The van der Waals surface area contributed by atoms with E-state index in [1.165, 1.54) is 16.2 Å². The fourth-order valence-electron chi connectivity index (χ4n) is 3.88. The Kier molecular flexibility index (Phi) is 5.79. The van der Waals surface area contributed by atoms with E-state index in [4.69, 9.17) is 5.73 Å². The lowest BCUT2D eigenvalue weighted by molar-refractivity contribution is 0.1000. The number of hydrogen-bond acceptors (Lipinski definition) is 3. The van der Waals surface area contributed by atoms with Crippen LogP contribution in [-0.2, 0) is 12.8 Å². The van der Waals surface area contributed by atoms with Gasteiger partial charge in [-0.05, 0) is 60.8 Å². The maximum absolute atomic E-state index is 12.5. The number of nitrogens with one attached hydrogen (secondary N) is 2. The minimum Gasteiger partial charge on any atom is -0.365 e. The van der Waals surface area contributed by atoms with Gasteiger partial charge in [-0.15, -0.1) is 11.3 Å². The molecule has 1 aliphatic carbocycles. The number of urea groups is 1. The number of carbonyl (C=O) groups excluding carboxylic acids is 2. The molecular weight excluding hydrogens is 370 g/mol. The first-order chi connectivity index (χ1) is 13.2. The van der Waals surface area contributed by atoms with Crippen LogP contribution in [0.5, 0.6) is 0 Å². The van der Waals surface area contributed by atoms with Crippen molar-refractivity contribution in [2.24, 2.45) is 17.1 Å². The summed E-state index contributed by atoms with van der Waals surface area (Å²) in [6.07, 6.45) is 3.92. The summed E-state index contributed by atoms with van der Waals surface area (Å²) in [5.74, 6) is 0.0925. The predicted molar refractivity (Wildman–Crippen MR) is 116 cm³/mol. The van der Waals surface area contributed by atoms with Crippen LogP contribution in [0.1, 0.15) is 60.0 Å². The van der Waals surface area contributed by atoms with Gasteiger partial charge in [0.25, 0.3) is 5.91 Å². The predicted octanol–water partition coefficient (Wildman–Crippen LogP) is 5.34. The first kappa shape index (κ1) is 20.4. The Balaban J connectivity index is 1.82. The fourth-order valence-corrected chi connectivity index (χ4v) is 5.21. The summed E-state index contributed by atoms with van der Waals surface area (Å²) in [4.78, 5) is 25.8. The molecule has 0 spiro atoms. The zero-order valence-corrected chi connectivity index (χ0v) is 17.8. The van der Waals surface area contributed by atoms with Crippen molar-refractivity contribution in [2.45, 2.75) is 53.4 Å². The third-order valence-corrected chi connectivity index (χ3v) is 7.20. The molecule has 5 nitrogen and oxygen atoms in total. The van der Waals surface area contributed by atoms with Gasteiger partial charge in [-0.1, -0.05) is 39.3 Å². The minimum absolute atomic E-state index is 0.255. The maximum Gasteiger partial charge on any atom is 0.324 e. The van der Waals surface area contributed by atoms with Crippen LogP contribution >= 0.6 is 11.3 Å². The van der Waals surface area contributed by atoms with Gasteiger partial charge in [-0.25, -0.2) is 4.79 Å². The SMILES string of the molecule is CCC(C)(C)[C@H]1CCc2c(sc(NC(=O)Nc3cccc(C)c3)c2C(N)=O)C1. The highest BCUT2D eigenvalue weighted by Crippen LogP contribution is 2.45. The first-order valence-corrected chi connectivity index (χ1v) is 10.6. The van der Waals surface area contributed by atoms with E-state index in [0.717, 1.165) is 36.8 Å². The van der Waals surface area contributed by atoms with E-state index in [2.05, 4.69) is 31.4 Å². The highest BCUT2D eigenvalue weighted by molar-refractivity contribution is 7.17. The van der Waals surface area contributed by atoms with Crippen LogP contribution in [0.2, 0.25) is 0 Å². The quantitative estimate of drug-likeness (QED) is 0.634. The molecule has 1 aromatic heterocycles. The van der Waals surface area contributed by atoms with Crippen molar-refractivity contribution in [3.63, 3.8) is 0 Å². The second-order valence-corrected chi connectivity index (χ2v) is 9.41. The van der Waals surface area contributed by atoms with Gasteiger partial charge in [-0.2, -0.15) is 0 Å². The number of hydrogen-bond donors (Lipinski definition) is 3. The van der Waals surface area contributed by atoms with Gasteiger partial charge in [0, 0.05) is 10.6 Å². The number of nitrogens with two attached hydrogens (primary N) is 1. The minimum atomic E-state index is -0.475. The molecule has 3 rings (SSSR count). The van der Waals surface area contributed by atoms with Crippen LogP contribution in [0, 0.1) is 18.3 Å². The molecule has 28 heavy (non-hydrogen) atoms. The highest BCUT2D eigenvalue weighted by atomic mass is 32.1. The van der Waals surface area contributed by atoms with Gasteiger partial charge in [0.15, 0.2) is 0 Å². The summed E-state index contributed by atoms with van der Waals surface area (Å²) >= 11 is 1.49. The van der Waals surface area contributed by atoms with Gasteiger partial charge in [0.1, 0.15) is 5.00 Å². The Morgan fingerprint density at radius 3 is 2.68 bits per heavy atom. The number of amides is 3. The summed E-state index contributed by atoms with van der Waals surface area (Å²) in [7, 11) is 0. The van der Waals surface area contributed by atoms with E-state index in [0.29, 0.717) is 22.2 Å². The summed E-state index contributed by atoms with van der Waals surface area (Å²) in [5, 5.41) is 6.23. The van der Waals surface area contributed by atoms with Gasteiger partial charge < -0.3 is 11.1 Å². The topological polar surface area (TPSA) is 84.2 Å². The summed E-state index contributed by atoms with van der Waals surface area (Å²) in [6, 6.07) is 7.22. The third kappa shape index (κ3) is 4.22. The van der Waals surface area contributed by atoms with Crippen LogP contribution in [0.25, 0.3) is 0 Å². The van der Waals surface area contributed by atoms with Crippen LogP contribution in [0.3, 0.4) is 0 Å².